The Morgan fingerprint density at radius 2 is 2.50 bits per heavy atom. The summed E-state index contributed by atoms with van der Waals surface area (Å²) < 4.78 is 22.3. The average molecular weight is 232 g/mol. The van der Waals surface area contributed by atoms with Gasteiger partial charge < -0.3 is 5.32 Å². The molecule has 0 aromatic carbocycles. The molecule has 6 heteroatoms. The van der Waals surface area contributed by atoms with Gasteiger partial charge in [-0.25, -0.2) is 8.42 Å². The van der Waals surface area contributed by atoms with Crippen LogP contribution >= 0.6 is 11.3 Å². The summed E-state index contributed by atoms with van der Waals surface area (Å²) in [7, 11) is -2.76. The van der Waals surface area contributed by atoms with Crippen molar-refractivity contribution in [2.75, 3.05) is 11.5 Å². The van der Waals surface area contributed by atoms with Gasteiger partial charge in [-0.3, -0.25) is 4.98 Å². The van der Waals surface area contributed by atoms with E-state index in [0.717, 1.165) is 17.8 Å². The molecule has 1 unspecified atom stereocenters. The third-order valence-electron chi connectivity index (χ3n) is 2.28. The predicted octanol–water partition coefficient (Wildman–Crippen LogP) is 0.420. The fraction of sp³-hybridized carbons (Fsp3) is 0.625. The van der Waals surface area contributed by atoms with E-state index < -0.39 is 9.84 Å². The van der Waals surface area contributed by atoms with Crippen molar-refractivity contribution in [2.24, 2.45) is 0 Å². The van der Waals surface area contributed by atoms with Gasteiger partial charge in [0.15, 0.2) is 9.84 Å². The Labute approximate surface area is 87.3 Å². The Balaban J connectivity index is 1.83. The van der Waals surface area contributed by atoms with E-state index >= 15 is 0 Å². The van der Waals surface area contributed by atoms with E-state index in [-0.39, 0.29) is 11.8 Å². The zero-order valence-electron chi connectivity index (χ0n) is 7.64. The SMILES string of the molecule is O=S1(=O)CCC(NCc2cncs2)C1. The fourth-order valence-corrected chi connectivity index (χ4v) is 3.78. The summed E-state index contributed by atoms with van der Waals surface area (Å²) in [5.41, 5.74) is 1.78. The Morgan fingerprint density at radius 1 is 1.64 bits per heavy atom. The van der Waals surface area contributed by atoms with Crippen molar-refractivity contribution in [3.8, 4) is 0 Å². The molecule has 2 heterocycles. The summed E-state index contributed by atoms with van der Waals surface area (Å²) >= 11 is 1.58. The molecule has 1 aliphatic rings. The van der Waals surface area contributed by atoms with Crippen molar-refractivity contribution >= 4 is 21.2 Å². The molecule has 0 saturated carbocycles. The zero-order chi connectivity index (χ0) is 10.0. The number of nitrogens with one attached hydrogen (secondary N) is 1. The first-order valence-electron chi connectivity index (χ1n) is 4.47. The van der Waals surface area contributed by atoms with Gasteiger partial charge in [0.1, 0.15) is 0 Å². The number of nitrogens with zero attached hydrogens (tertiary/aromatic N) is 1. The van der Waals surface area contributed by atoms with Gasteiger partial charge in [-0.1, -0.05) is 0 Å². The Morgan fingerprint density at radius 3 is 3.07 bits per heavy atom. The van der Waals surface area contributed by atoms with Crippen molar-refractivity contribution in [1.29, 1.82) is 0 Å². The minimum absolute atomic E-state index is 0.127. The first kappa shape index (κ1) is 10.1. The van der Waals surface area contributed by atoms with E-state index in [9.17, 15) is 8.42 Å². The van der Waals surface area contributed by atoms with Gasteiger partial charge in [-0.05, 0) is 6.42 Å². The first-order valence-corrected chi connectivity index (χ1v) is 7.17. The predicted molar refractivity (Wildman–Crippen MR) is 56.0 cm³/mol. The van der Waals surface area contributed by atoms with Gasteiger partial charge in [-0.2, -0.15) is 0 Å². The van der Waals surface area contributed by atoms with Crippen LogP contribution in [0.5, 0.6) is 0 Å². The quantitative estimate of drug-likeness (QED) is 0.820. The van der Waals surface area contributed by atoms with Crippen molar-refractivity contribution < 1.29 is 8.42 Å². The molecule has 1 aromatic rings. The van der Waals surface area contributed by atoms with Gasteiger partial charge in [0.2, 0.25) is 0 Å². The normalized spacial score (nSPS) is 25.3. The second-order valence-corrected chi connectivity index (χ2v) is 6.65. The van der Waals surface area contributed by atoms with E-state index in [1.165, 1.54) is 0 Å². The van der Waals surface area contributed by atoms with Gasteiger partial charge in [0.05, 0.1) is 17.0 Å². The molecule has 0 bridgehead atoms. The topological polar surface area (TPSA) is 59.1 Å². The lowest BCUT2D eigenvalue weighted by molar-refractivity contribution is 0.557. The highest BCUT2D eigenvalue weighted by molar-refractivity contribution is 7.91. The fourth-order valence-electron chi connectivity index (χ4n) is 1.53. The standard InChI is InChI=1S/C8H12N2O2S2/c11-14(12)2-1-7(5-14)10-4-8-3-9-6-13-8/h3,6-7,10H,1-2,4-5H2. The molecule has 0 radical (unpaired) electrons. The van der Waals surface area contributed by atoms with E-state index in [4.69, 9.17) is 0 Å². The maximum Gasteiger partial charge on any atom is 0.151 e. The van der Waals surface area contributed by atoms with Crippen LogP contribution in [0, 0.1) is 0 Å². The van der Waals surface area contributed by atoms with Crippen LogP contribution in [-0.4, -0.2) is 30.9 Å². The zero-order valence-corrected chi connectivity index (χ0v) is 9.27. The van der Waals surface area contributed by atoms with Gasteiger partial charge in [-0.15, -0.1) is 11.3 Å². The van der Waals surface area contributed by atoms with E-state index in [1.54, 1.807) is 23.0 Å². The van der Waals surface area contributed by atoms with Crippen LogP contribution in [0.3, 0.4) is 0 Å². The van der Waals surface area contributed by atoms with E-state index in [1.807, 2.05) is 0 Å². The highest BCUT2D eigenvalue weighted by Crippen LogP contribution is 2.12. The lowest BCUT2D eigenvalue weighted by atomic mass is 10.2. The highest BCUT2D eigenvalue weighted by Gasteiger charge is 2.27. The number of thiazole rings is 1. The summed E-state index contributed by atoms with van der Waals surface area (Å²) in [5.74, 6) is 0.610. The molecule has 4 nitrogen and oxygen atoms in total. The third-order valence-corrected chi connectivity index (χ3v) is 4.83. The minimum atomic E-state index is -2.76. The van der Waals surface area contributed by atoms with Crippen LogP contribution in [0.25, 0.3) is 0 Å². The lowest BCUT2D eigenvalue weighted by Crippen LogP contribution is -2.29. The summed E-state index contributed by atoms with van der Waals surface area (Å²) in [6, 6.07) is 0.127. The molecular weight excluding hydrogens is 220 g/mol. The van der Waals surface area contributed by atoms with Crippen molar-refractivity contribution in [1.82, 2.24) is 10.3 Å². The third kappa shape index (κ3) is 2.52. The number of rotatable bonds is 3. The second kappa shape index (κ2) is 3.96. The molecule has 1 fully saturated rings. The molecule has 1 saturated heterocycles. The summed E-state index contributed by atoms with van der Waals surface area (Å²) in [5, 5.41) is 3.23. The number of sulfone groups is 1. The molecule has 0 spiro atoms. The average Bonchev–Trinajstić information content (AvgIpc) is 2.70. The molecule has 1 aromatic heterocycles. The van der Waals surface area contributed by atoms with E-state index in [2.05, 4.69) is 10.3 Å². The van der Waals surface area contributed by atoms with E-state index in [0.29, 0.717) is 5.75 Å². The molecular formula is C8H12N2O2S2. The number of aromatic nitrogens is 1. The maximum absolute atomic E-state index is 11.2. The largest absolute Gasteiger partial charge is 0.308 e. The molecule has 1 atom stereocenters. The molecule has 14 heavy (non-hydrogen) atoms. The molecule has 1 N–H and O–H groups in total. The number of hydrogen-bond donors (Lipinski definition) is 1. The van der Waals surface area contributed by atoms with Crippen LogP contribution < -0.4 is 5.32 Å². The van der Waals surface area contributed by atoms with Gasteiger partial charge in [0, 0.05) is 23.7 Å². The van der Waals surface area contributed by atoms with Crippen LogP contribution in [0.2, 0.25) is 0 Å². The number of hydrogen-bond acceptors (Lipinski definition) is 5. The molecule has 0 aliphatic carbocycles. The molecule has 2 rings (SSSR count). The monoisotopic (exact) mass is 232 g/mol. The lowest BCUT2D eigenvalue weighted by Gasteiger charge is -2.08. The summed E-state index contributed by atoms with van der Waals surface area (Å²) in [4.78, 5) is 5.10. The molecule has 78 valence electrons. The highest BCUT2D eigenvalue weighted by atomic mass is 32.2. The minimum Gasteiger partial charge on any atom is -0.308 e. The molecule has 1 aliphatic heterocycles. The van der Waals surface area contributed by atoms with Crippen molar-refractivity contribution in [3.05, 3.63) is 16.6 Å². The van der Waals surface area contributed by atoms with Crippen LogP contribution in [0.4, 0.5) is 0 Å². The van der Waals surface area contributed by atoms with Crippen LogP contribution in [0.15, 0.2) is 11.7 Å². The van der Waals surface area contributed by atoms with Crippen LogP contribution in [0.1, 0.15) is 11.3 Å². The summed E-state index contributed by atoms with van der Waals surface area (Å²) in [6.45, 7) is 0.727. The smallest absolute Gasteiger partial charge is 0.151 e. The Kier molecular flexibility index (Phi) is 2.85. The Hall–Kier alpha value is -0.460. The second-order valence-electron chi connectivity index (χ2n) is 3.45. The summed E-state index contributed by atoms with van der Waals surface area (Å²) in [6.07, 6.45) is 2.54. The van der Waals surface area contributed by atoms with Crippen LogP contribution in [-0.2, 0) is 16.4 Å². The van der Waals surface area contributed by atoms with Crippen molar-refractivity contribution in [3.63, 3.8) is 0 Å². The van der Waals surface area contributed by atoms with Gasteiger partial charge >= 0.3 is 0 Å². The van der Waals surface area contributed by atoms with Gasteiger partial charge in [0.25, 0.3) is 0 Å². The molecule has 0 amide bonds. The maximum atomic E-state index is 11.2. The first-order chi connectivity index (χ1) is 6.66. The van der Waals surface area contributed by atoms with Crippen molar-refractivity contribution in [2.45, 2.75) is 19.0 Å². The Bertz CT molecular complexity index is 385.